The Bertz CT molecular complexity index is 884. The summed E-state index contributed by atoms with van der Waals surface area (Å²) in [7, 11) is 0. The predicted molar refractivity (Wildman–Crippen MR) is 150 cm³/mol. The van der Waals surface area contributed by atoms with E-state index < -0.39 is 0 Å². The number of rotatable bonds is 16. The largest absolute Gasteiger partial charge is 0.340 e. The molecule has 0 saturated carbocycles. The van der Waals surface area contributed by atoms with Crippen LogP contribution in [0.5, 0.6) is 0 Å². The molecule has 0 aliphatic carbocycles. The Hall–Kier alpha value is -0.800. The lowest BCUT2D eigenvalue weighted by Crippen LogP contribution is -1.98. The molecule has 0 N–H and O–H groups in total. The Balaban J connectivity index is 1.32. The number of aryl methyl sites for hydroxylation is 1. The van der Waals surface area contributed by atoms with E-state index in [-0.39, 0.29) is 0 Å². The van der Waals surface area contributed by atoms with Crippen LogP contribution in [0.25, 0.3) is 21.8 Å². The first kappa shape index (κ1) is 25.8. The van der Waals surface area contributed by atoms with Crippen molar-refractivity contribution in [1.29, 1.82) is 0 Å². The number of nitrogens with zero attached hydrogens (tertiary/aromatic N) is 1. The molecule has 0 atom stereocenters. The average molecular weight is 563 g/mol. The number of benzene rings is 2. The molecule has 0 spiro atoms. The third kappa shape index (κ3) is 7.90. The van der Waals surface area contributed by atoms with E-state index in [1.165, 1.54) is 118 Å². The third-order valence-electron chi connectivity index (χ3n) is 6.78. The SMILES string of the molecule is CCCCCCCCCCCCCCCCCn1c2cc(Br)ccc2c2ccc(Br)cc21. The summed E-state index contributed by atoms with van der Waals surface area (Å²) in [6.45, 7) is 3.40. The van der Waals surface area contributed by atoms with Crippen LogP contribution in [0.4, 0.5) is 0 Å². The van der Waals surface area contributed by atoms with Gasteiger partial charge in [-0.15, -0.1) is 0 Å². The minimum absolute atomic E-state index is 1.10. The van der Waals surface area contributed by atoms with Gasteiger partial charge in [-0.05, 0) is 30.7 Å². The van der Waals surface area contributed by atoms with Crippen molar-refractivity contribution < 1.29 is 0 Å². The molecule has 0 unspecified atom stereocenters. The van der Waals surface area contributed by atoms with Crippen LogP contribution in [0.2, 0.25) is 0 Å². The number of hydrogen-bond acceptors (Lipinski definition) is 0. The lowest BCUT2D eigenvalue weighted by molar-refractivity contribution is 0.526. The van der Waals surface area contributed by atoms with Crippen molar-refractivity contribution in [2.75, 3.05) is 0 Å². The highest BCUT2D eigenvalue weighted by molar-refractivity contribution is 9.10. The van der Waals surface area contributed by atoms with E-state index in [2.05, 4.69) is 79.7 Å². The van der Waals surface area contributed by atoms with E-state index in [0.717, 1.165) is 15.5 Å². The molecule has 176 valence electrons. The highest BCUT2D eigenvalue weighted by atomic mass is 79.9. The fourth-order valence-corrected chi connectivity index (χ4v) is 5.62. The van der Waals surface area contributed by atoms with Crippen molar-refractivity contribution in [1.82, 2.24) is 4.57 Å². The molecule has 0 saturated heterocycles. The molecule has 3 heteroatoms. The first-order valence-electron chi connectivity index (χ1n) is 13.1. The van der Waals surface area contributed by atoms with Gasteiger partial charge < -0.3 is 4.57 Å². The van der Waals surface area contributed by atoms with Crippen molar-refractivity contribution >= 4 is 53.7 Å². The van der Waals surface area contributed by atoms with Crippen LogP contribution in [0.1, 0.15) is 103 Å². The summed E-state index contributed by atoms with van der Waals surface area (Å²) in [4.78, 5) is 0. The Kier molecular flexibility index (Phi) is 11.7. The average Bonchev–Trinajstić information content (AvgIpc) is 3.08. The Morgan fingerprint density at radius 2 is 0.906 bits per heavy atom. The summed E-state index contributed by atoms with van der Waals surface area (Å²) in [5.74, 6) is 0. The number of halogens is 2. The number of hydrogen-bond donors (Lipinski definition) is 0. The van der Waals surface area contributed by atoms with Crippen molar-refractivity contribution in [3.8, 4) is 0 Å². The van der Waals surface area contributed by atoms with E-state index in [9.17, 15) is 0 Å². The van der Waals surface area contributed by atoms with Crippen LogP contribution >= 0.6 is 31.9 Å². The highest BCUT2D eigenvalue weighted by Crippen LogP contribution is 2.33. The van der Waals surface area contributed by atoms with Crippen LogP contribution in [0.3, 0.4) is 0 Å². The molecule has 1 aromatic heterocycles. The van der Waals surface area contributed by atoms with E-state index in [1.54, 1.807) is 0 Å². The van der Waals surface area contributed by atoms with Crippen LogP contribution in [0.15, 0.2) is 45.3 Å². The minimum Gasteiger partial charge on any atom is -0.340 e. The highest BCUT2D eigenvalue weighted by Gasteiger charge is 2.11. The van der Waals surface area contributed by atoms with Crippen molar-refractivity contribution in [3.05, 3.63) is 45.3 Å². The minimum atomic E-state index is 1.10. The van der Waals surface area contributed by atoms with Gasteiger partial charge in [-0.25, -0.2) is 0 Å². The molecule has 3 rings (SSSR count). The van der Waals surface area contributed by atoms with Gasteiger partial charge in [-0.3, -0.25) is 0 Å². The molecule has 1 heterocycles. The second-order valence-corrected chi connectivity index (χ2v) is 11.3. The third-order valence-corrected chi connectivity index (χ3v) is 7.76. The molecule has 0 aliphatic rings. The normalized spacial score (nSPS) is 11.7. The van der Waals surface area contributed by atoms with E-state index in [4.69, 9.17) is 0 Å². The van der Waals surface area contributed by atoms with Crippen molar-refractivity contribution in [3.63, 3.8) is 0 Å². The van der Waals surface area contributed by atoms with Gasteiger partial charge >= 0.3 is 0 Å². The lowest BCUT2D eigenvalue weighted by atomic mass is 10.0. The Labute approximate surface area is 212 Å². The number of fused-ring (bicyclic) bond motifs is 3. The zero-order valence-electron chi connectivity index (χ0n) is 20.0. The van der Waals surface area contributed by atoms with Crippen LogP contribution in [0, 0.1) is 0 Å². The molecule has 0 fully saturated rings. The van der Waals surface area contributed by atoms with Gasteiger partial charge in [0.05, 0.1) is 11.0 Å². The van der Waals surface area contributed by atoms with Crippen LogP contribution in [-0.2, 0) is 6.54 Å². The zero-order chi connectivity index (χ0) is 22.6. The summed E-state index contributed by atoms with van der Waals surface area (Å²) in [6.07, 6.45) is 21.2. The maximum Gasteiger partial charge on any atom is 0.0502 e. The summed E-state index contributed by atoms with van der Waals surface area (Å²) in [6, 6.07) is 13.4. The van der Waals surface area contributed by atoms with Crippen molar-refractivity contribution in [2.24, 2.45) is 0 Å². The zero-order valence-corrected chi connectivity index (χ0v) is 23.2. The summed E-state index contributed by atoms with van der Waals surface area (Å²) in [5, 5.41) is 2.72. The lowest BCUT2D eigenvalue weighted by Gasteiger charge is -2.08. The summed E-state index contributed by atoms with van der Waals surface area (Å²) >= 11 is 7.33. The molecular formula is C29H41Br2N. The molecule has 0 radical (unpaired) electrons. The van der Waals surface area contributed by atoms with Crippen LogP contribution < -0.4 is 0 Å². The van der Waals surface area contributed by atoms with Gasteiger partial charge in [-0.1, -0.05) is 141 Å². The quantitative estimate of drug-likeness (QED) is 0.153. The van der Waals surface area contributed by atoms with E-state index in [1.807, 2.05) is 0 Å². The second-order valence-electron chi connectivity index (χ2n) is 9.42. The van der Waals surface area contributed by atoms with E-state index in [0.29, 0.717) is 0 Å². The fraction of sp³-hybridized carbons (Fsp3) is 0.586. The van der Waals surface area contributed by atoms with Gasteiger partial charge in [0.2, 0.25) is 0 Å². The summed E-state index contributed by atoms with van der Waals surface area (Å²) < 4.78 is 4.83. The van der Waals surface area contributed by atoms with Gasteiger partial charge in [-0.2, -0.15) is 0 Å². The molecule has 1 nitrogen and oxygen atoms in total. The molecule has 0 amide bonds. The van der Waals surface area contributed by atoms with Crippen molar-refractivity contribution in [2.45, 2.75) is 110 Å². The number of unbranched alkanes of at least 4 members (excludes halogenated alkanes) is 14. The molecule has 32 heavy (non-hydrogen) atoms. The van der Waals surface area contributed by atoms with Crippen LogP contribution in [-0.4, -0.2) is 4.57 Å². The fourth-order valence-electron chi connectivity index (χ4n) is 4.92. The second kappa shape index (κ2) is 14.5. The van der Waals surface area contributed by atoms with Gasteiger partial charge in [0, 0.05) is 26.3 Å². The molecule has 0 aliphatic heterocycles. The first-order valence-corrected chi connectivity index (χ1v) is 14.7. The standard InChI is InChI=1S/C29H41Br2N/c1-2-3-4-5-6-7-8-9-10-11-12-13-14-15-16-21-32-28-22-24(30)17-19-26(28)27-20-18-25(31)23-29(27)32/h17-20,22-23H,2-16,21H2,1H3. The molecule has 0 bridgehead atoms. The maximum atomic E-state index is 3.66. The smallest absolute Gasteiger partial charge is 0.0502 e. The van der Waals surface area contributed by atoms with Gasteiger partial charge in [0.1, 0.15) is 0 Å². The molecule has 2 aromatic carbocycles. The number of aromatic nitrogens is 1. The predicted octanol–water partition coefficient (Wildman–Crippen LogP) is 11.2. The first-order chi connectivity index (χ1) is 15.7. The Morgan fingerprint density at radius 3 is 1.31 bits per heavy atom. The van der Waals surface area contributed by atoms with E-state index >= 15 is 0 Å². The maximum absolute atomic E-state index is 3.66. The van der Waals surface area contributed by atoms with Gasteiger partial charge in [0.25, 0.3) is 0 Å². The van der Waals surface area contributed by atoms with Gasteiger partial charge in [0.15, 0.2) is 0 Å². The molecule has 3 aromatic rings. The summed E-state index contributed by atoms with van der Waals surface area (Å²) in [5.41, 5.74) is 2.69. The molecular weight excluding hydrogens is 522 g/mol. The topological polar surface area (TPSA) is 4.93 Å². The Morgan fingerprint density at radius 1 is 0.531 bits per heavy atom. The monoisotopic (exact) mass is 561 g/mol.